The summed E-state index contributed by atoms with van der Waals surface area (Å²) in [6, 6.07) is -0.532. The highest BCUT2D eigenvalue weighted by Gasteiger charge is 2.19. The fourth-order valence-corrected chi connectivity index (χ4v) is 1.88. The molecule has 0 bridgehead atoms. The van der Waals surface area contributed by atoms with E-state index in [4.69, 9.17) is 4.74 Å². The third kappa shape index (κ3) is 8.34. The molecule has 7 heteroatoms. The van der Waals surface area contributed by atoms with Crippen LogP contribution in [-0.2, 0) is 19.1 Å². The highest BCUT2D eigenvalue weighted by molar-refractivity contribution is 7.98. The number of hydrogen-bond acceptors (Lipinski definition) is 7. The molecule has 17 heavy (non-hydrogen) atoms. The first-order chi connectivity index (χ1) is 7.80. The van der Waals surface area contributed by atoms with Gasteiger partial charge < -0.3 is 9.47 Å². The first kappa shape index (κ1) is 16.6. The molecule has 0 aromatic heterocycles. The van der Waals surface area contributed by atoms with Crippen LogP contribution < -0.4 is 4.72 Å². The Kier molecular flexibility index (Phi) is 7.65. The van der Waals surface area contributed by atoms with Gasteiger partial charge in [-0.2, -0.15) is 12.6 Å². The SMILES string of the molecule is COC(=O)[C@H](CS)NSCC(=O)OC(C)(C)C. The number of ether oxygens (including phenoxy) is 2. The zero-order chi connectivity index (χ0) is 13.5. The van der Waals surface area contributed by atoms with Gasteiger partial charge in [0.15, 0.2) is 0 Å². The second-order valence-corrected chi connectivity index (χ2v) is 5.43. The number of carbonyl (C=O) groups is 2. The van der Waals surface area contributed by atoms with Crippen LogP contribution in [0.15, 0.2) is 0 Å². The minimum atomic E-state index is -0.532. The van der Waals surface area contributed by atoms with Crippen molar-refractivity contribution in [1.29, 1.82) is 0 Å². The van der Waals surface area contributed by atoms with Crippen molar-refractivity contribution < 1.29 is 19.1 Å². The molecule has 0 amide bonds. The van der Waals surface area contributed by atoms with Gasteiger partial charge in [0.05, 0.1) is 7.11 Å². The van der Waals surface area contributed by atoms with Gasteiger partial charge in [0.2, 0.25) is 0 Å². The first-order valence-corrected chi connectivity index (χ1v) is 6.70. The predicted octanol–water partition coefficient (Wildman–Crippen LogP) is 1.04. The van der Waals surface area contributed by atoms with E-state index in [9.17, 15) is 9.59 Å². The van der Waals surface area contributed by atoms with Gasteiger partial charge >= 0.3 is 11.9 Å². The Morgan fingerprint density at radius 2 is 2.00 bits per heavy atom. The largest absolute Gasteiger partial charge is 0.468 e. The van der Waals surface area contributed by atoms with Crippen LogP contribution in [0.1, 0.15) is 20.8 Å². The number of rotatable bonds is 6. The van der Waals surface area contributed by atoms with Crippen molar-refractivity contribution in [3.05, 3.63) is 0 Å². The van der Waals surface area contributed by atoms with Crippen LogP contribution in [0.2, 0.25) is 0 Å². The Morgan fingerprint density at radius 3 is 2.41 bits per heavy atom. The smallest absolute Gasteiger partial charge is 0.324 e. The maximum atomic E-state index is 11.3. The molecule has 0 fully saturated rings. The number of carbonyl (C=O) groups excluding carboxylic acids is 2. The van der Waals surface area contributed by atoms with Crippen LogP contribution in [0.3, 0.4) is 0 Å². The summed E-state index contributed by atoms with van der Waals surface area (Å²) in [4.78, 5) is 22.5. The van der Waals surface area contributed by atoms with Gasteiger partial charge in [0.1, 0.15) is 17.4 Å². The van der Waals surface area contributed by atoms with Crippen LogP contribution in [0, 0.1) is 0 Å². The summed E-state index contributed by atoms with van der Waals surface area (Å²) in [5, 5.41) is 0. The standard InChI is InChI=1S/C10H19NO4S2/c1-10(2,3)15-8(12)6-17-11-7(5-16)9(13)14-4/h7,11,16H,5-6H2,1-4H3/t7-/m0/s1. The molecule has 0 unspecified atom stereocenters. The molecular weight excluding hydrogens is 262 g/mol. The van der Waals surface area contributed by atoms with E-state index in [1.807, 2.05) is 0 Å². The quantitative estimate of drug-likeness (QED) is 0.431. The number of hydrogen-bond donors (Lipinski definition) is 2. The lowest BCUT2D eigenvalue weighted by molar-refractivity contribution is -0.151. The van der Waals surface area contributed by atoms with Crippen LogP contribution in [-0.4, -0.2) is 42.2 Å². The predicted molar refractivity (Wildman–Crippen MR) is 71.1 cm³/mol. The Labute approximate surface area is 112 Å². The molecule has 0 aliphatic rings. The van der Waals surface area contributed by atoms with Crippen molar-refractivity contribution in [2.75, 3.05) is 18.6 Å². The molecule has 5 nitrogen and oxygen atoms in total. The fraction of sp³-hybridized carbons (Fsp3) is 0.800. The van der Waals surface area contributed by atoms with Gasteiger partial charge in [-0.05, 0) is 20.8 Å². The molecule has 1 N–H and O–H groups in total. The lowest BCUT2D eigenvalue weighted by Gasteiger charge is -2.19. The summed E-state index contributed by atoms with van der Waals surface area (Å²) in [5.74, 6) is -0.318. The van der Waals surface area contributed by atoms with E-state index in [-0.39, 0.29) is 11.7 Å². The van der Waals surface area contributed by atoms with Crippen molar-refractivity contribution in [2.45, 2.75) is 32.4 Å². The van der Waals surface area contributed by atoms with E-state index >= 15 is 0 Å². The number of esters is 2. The molecule has 0 radical (unpaired) electrons. The van der Waals surface area contributed by atoms with Gasteiger partial charge in [-0.1, -0.05) is 11.9 Å². The average Bonchev–Trinajstić information content (AvgIpc) is 2.21. The Hall–Kier alpha value is -0.400. The summed E-state index contributed by atoms with van der Waals surface area (Å²) < 4.78 is 12.5. The molecule has 1 atom stereocenters. The number of thiol groups is 1. The van der Waals surface area contributed by atoms with E-state index in [0.717, 1.165) is 11.9 Å². The van der Waals surface area contributed by atoms with E-state index in [2.05, 4.69) is 22.1 Å². The Balaban J connectivity index is 3.90. The zero-order valence-electron chi connectivity index (χ0n) is 10.5. The molecule has 0 aliphatic heterocycles. The number of methoxy groups -OCH3 is 1. The highest BCUT2D eigenvalue weighted by Crippen LogP contribution is 2.09. The van der Waals surface area contributed by atoms with Crippen LogP contribution in [0.25, 0.3) is 0 Å². The highest BCUT2D eigenvalue weighted by atomic mass is 32.2. The van der Waals surface area contributed by atoms with Crippen molar-refractivity contribution in [3.8, 4) is 0 Å². The normalized spacial score (nSPS) is 13.0. The van der Waals surface area contributed by atoms with Crippen LogP contribution in [0.5, 0.6) is 0 Å². The average molecular weight is 281 g/mol. The molecule has 0 saturated carbocycles. The summed E-state index contributed by atoms with van der Waals surface area (Å²) in [6.45, 7) is 5.40. The molecule has 0 spiro atoms. The molecule has 0 aliphatic carbocycles. The van der Waals surface area contributed by atoms with E-state index < -0.39 is 17.6 Å². The summed E-state index contributed by atoms with van der Waals surface area (Å²) in [7, 11) is 1.30. The summed E-state index contributed by atoms with van der Waals surface area (Å²) in [5.41, 5.74) is -0.497. The van der Waals surface area contributed by atoms with E-state index in [0.29, 0.717) is 5.75 Å². The van der Waals surface area contributed by atoms with Gasteiger partial charge in [-0.25, -0.2) is 4.72 Å². The zero-order valence-corrected chi connectivity index (χ0v) is 12.2. The Bertz CT molecular complexity index is 266. The Morgan fingerprint density at radius 1 is 1.41 bits per heavy atom. The van der Waals surface area contributed by atoms with Gasteiger partial charge in [0.25, 0.3) is 0 Å². The van der Waals surface area contributed by atoms with Gasteiger partial charge in [-0.3, -0.25) is 9.59 Å². The molecule has 0 rings (SSSR count). The van der Waals surface area contributed by atoms with E-state index in [1.54, 1.807) is 20.8 Å². The van der Waals surface area contributed by atoms with Crippen molar-refractivity contribution in [1.82, 2.24) is 4.72 Å². The van der Waals surface area contributed by atoms with Gasteiger partial charge in [0, 0.05) is 5.75 Å². The minimum absolute atomic E-state index is 0.124. The van der Waals surface area contributed by atoms with Crippen LogP contribution in [0.4, 0.5) is 0 Å². The number of nitrogens with one attached hydrogen (secondary N) is 1. The fourth-order valence-electron chi connectivity index (χ4n) is 0.874. The van der Waals surface area contributed by atoms with Crippen molar-refractivity contribution >= 4 is 36.5 Å². The lowest BCUT2D eigenvalue weighted by atomic mass is 10.2. The van der Waals surface area contributed by atoms with Gasteiger partial charge in [-0.15, -0.1) is 0 Å². The summed E-state index contributed by atoms with van der Waals surface area (Å²) >= 11 is 5.11. The van der Waals surface area contributed by atoms with Crippen LogP contribution >= 0.6 is 24.6 Å². The maximum absolute atomic E-state index is 11.3. The molecular formula is C10H19NO4S2. The second-order valence-electron chi connectivity index (χ2n) is 4.25. The maximum Gasteiger partial charge on any atom is 0.324 e. The minimum Gasteiger partial charge on any atom is -0.468 e. The van der Waals surface area contributed by atoms with Crippen molar-refractivity contribution in [2.24, 2.45) is 0 Å². The summed E-state index contributed by atoms with van der Waals surface area (Å²) in [6.07, 6.45) is 0. The topological polar surface area (TPSA) is 64.6 Å². The van der Waals surface area contributed by atoms with Crippen molar-refractivity contribution in [3.63, 3.8) is 0 Å². The van der Waals surface area contributed by atoms with E-state index in [1.165, 1.54) is 7.11 Å². The molecule has 0 saturated heterocycles. The first-order valence-electron chi connectivity index (χ1n) is 5.08. The lowest BCUT2D eigenvalue weighted by Crippen LogP contribution is -2.36. The second kappa shape index (κ2) is 7.84. The molecule has 0 aromatic rings. The molecule has 100 valence electrons. The third-order valence-corrected chi connectivity index (χ3v) is 2.70. The monoisotopic (exact) mass is 281 g/mol. The molecule has 0 aromatic carbocycles. The molecule has 0 heterocycles. The third-order valence-electron chi connectivity index (χ3n) is 1.50.